The van der Waals surface area contributed by atoms with Crippen molar-refractivity contribution in [1.29, 1.82) is 0 Å². The second-order valence-corrected chi connectivity index (χ2v) is 6.63. The van der Waals surface area contributed by atoms with Gasteiger partial charge in [0.2, 0.25) is 0 Å². The molecule has 1 aromatic carbocycles. The molecule has 1 atom stereocenters. The molecule has 0 unspecified atom stereocenters. The highest BCUT2D eigenvalue weighted by Crippen LogP contribution is 2.32. The fraction of sp³-hybridized carbons (Fsp3) is 0.471. The lowest BCUT2D eigenvalue weighted by atomic mass is 10.0. The molecule has 1 aromatic rings. The van der Waals surface area contributed by atoms with Gasteiger partial charge in [0.1, 0.15) is 5.60 Å². The fourth-order valence-electron chi connectivity index (χ4n) is 2.41. The Morgan fingerprint density at radius 1 is 1.25 bits per heavy atom. The maximum atomic E-state index is 12.6. The number of amides is 1. The Morgan fingerprint density at radius 3 is 2.29 bits per heavy atom. The zero-order valence-corrected chi connectivity index (χ0v) is 13.7. The van der Waals surface area contributed by atoms with Crippen molar-refractivity contribution < 1.29 is 27.8 Å². The van der Waals surface area contributed by atoms with E-state index in [0.29, 0.717) is 11.1 Å². The number of carbonyl (C=O) groups excluding carboxylic acids is 1. The van der Waals surface area contributed by atoms with Gasteiger partial charge in [-0.05, 0) is 44.0 Å². The van der Waals surface area contributed by atoms with Crippen LogP contribution < -0.4 is 0 Å². The Morgan fingerprint density at radius 2 is 1.83 bits per heavy atom. The molecule has 1 amide bonds. The summed E-state index contributed by atoms with van der Waals surface area (Å²) in [5, 5.41) is 9.46. The summed E-state index contributed by atoms with van der Waals surface area (Å²) in [6, 6.07) is 4.17. The van der Waals surface area contributed by atoms with Crippen molar-refractivity contribution in [2.45, 2.75) is 38.6 Å². The molecule has 4 nitrogen and oxygen atoms in total. The third-order valence-corrected chi connectivity index (χ3v) is 3.53. The summed E-state index contributed by atoms with van der Waals surface area (Å²) in [4.78, 5) is 13.6. The van der Waals surface area contributed by atoms with Crippen molar-refractivity contribution in [3.63, 3.8) is 0 Å². The average molecular weight is 343 g/mol. The summed E-state index contributed by atoms with van der Waals surface area (Å²) in [6.07, 6.45) is -3.29. The number of ether oxygens (including phenoxy) is 1. The second-order valence-electron chi connectivity index (χ2n) is 6.63. The molecule has 0 spiro atoms. The molecule has 2 rings (SSSR count). The van der Waals surface area contributed by atoms with E-state index in [1.54, 1.807) is 26.8 Å². The molecule has 24 heavy (non-hydrogen) atoms. The van der Waals surface area contributed by atoms with Crippen LogP contribution in [0.15, 0.2) is 30.3 Å². The lowest BCUT2D eigenvalue weighted by molar-refractivity contribution is -0.137. The first-order valence-electron chi connectivity index (χ1n) is 7.50. The summed E-state index contributed by atoms with van der Waals surface area (Å²) in [7, 11) is 0. The van der Waals surface area contributed by atoms with Crippen molar-refractivity contribution in [2.75, 3.05) is 13.2 Å². The molecule has 0 radical (unpaired) electrons. The average Bonchev–Trinajstić information content (AvgIpc) is 2.89. The SMILES string of the molecule is CC(C)(C)OC(=O)N1CC(c2ccc(C(F)(F)F)cc2)=C[C@H]1CO. The van der Waals surface area contributed by atoms with Gasteiger partial charge in [-0.25, -0.2) is 4.79 Å². The van der Waals surface area contributed by atoms with E-state index in [-0.39, 0.29) is 13.2 Å². The maximum Gasteiger partial charge on any atom is 0.416 e. The highest BCUT2D eigenvalue weighted by atomic mass is 19.4. The number of nitrogens with zero attached hydrogens (tertiary/aromatic N) is 1. The van der Waals surface area contributed by atoms with E-state index < -0.39 is 29.5 Å². The van der Waals surface area contributed by atoms with Crippen LogP contribution in [0.3, 0.4) is 0 Å². The highest BCUT2D eigenvalue weighted by molar-refractivity contribution is 5.78. The van der Waals surface area contributed by atoms with Crippen LogP contribution in [0, 0.1) is 0 Å². The molecule has 0 saturated heterocycles. The minimum absolute atomic E-state index is 0.172. The van der Waals surface area contributed by atoms with Gasteiger partial charge in [-0.2, -0.15) is 13.2 Å². The third-order valence-electron chi connectivity index (χ3n) is 3.53. The predicted octanol–water partition coefficient (Wildman–Crippen LogP) is 3.70. The van der Waals surface area contributed by atoms with Crippen LogP contribution in [0.25, 0.3) is 5.57 Å². The normalized spacial score (nSPS) is 18.5. The van der Waals surface area contributed by atoms with Crippen molar-refractivity contribution in [1.82, 2.24) is 4.90 Å². The van der Waals surface area contributed by atoms with E-state index in [2.05, 4.69) is 0 Å². The van der Waals surface area contributed by atoms with E-state index >= 15 is 0 Å². The van der Waals surface area contributed by atoms with Gasteiger partial charge in [-0.1, -0.05) is 18.2 Å². The van der Waals surface area contributed by atoms with Crippen LogP contribution in [0.4, 0.5) is 18.0 Å². The number of aliphatic hydroxyl groups excluding tert-OH is 1. The Hall–Kier alpha value is -2.02. The van der Waals surface area contributed by atoms with Crippen LogP contribution in [-0.4, -0.2) is 40.9 Å². The number of hydrogen-bond acceptors (Lipinski definition) is 3. The molecule has 1 N–H and O–H groups in total. The van der Waals surface area contributed by atoms with E-state index in [1.807, 2.05) is 0 Å². The number of alkyl halides is 3. The minimum atomic E-state index is -4.39. The van der Waals surface area contributed by atoms with Crippen LogP contribution in [-0.2, 0) is 10.9 Å². The number of benzene rings is 1. The summed E-state index contributed by atoms with van der Waals surface area (Å²) in [6.45, 7) is 5.09. The molecule has 132 valence electrons. The monoisotopic (exact) mass is 343 g/mol. The molecule has 0 bridgehead atoms. The van der Waals surface area contributed by atoms with Gasteiger partial charge in [0.05, 0.1) is 24.8 Å². The first-order valence-corrected chi connectivity index (χ1v) is 7.50. The van der Waals surface area contributed by atoms with E-state index in [0.717, 1.165) is 12.1 Å². The maximum absolute atomic E-state index is 12.6. The van der Waals surface area contributed by atoms with Gasteiger partial charge in [0.15, 0.2) is 0 Å². The van der Waals surface area contributed by atoms with Gasteiger partial charge in [-0.15, -0.1) is 0 Å². The Kier molecular flexibility index (Phi) is 4.94. The first-order chi connectivity index (χ1) is 11.0. The molecule has 1 heterocycles. The van der Waals surface area contributed by atoms with E-state index in [9.17, 15) is 23.1 Å². The second kappa shape index (κ2) is 6.47. The van der Waals surface area contributed by atoms with Crippen LogP contribution in [0.2, 0.25) is 0 Å². The van der Waals surface area contributed by atoms with Gasteiger partial charge in [0, 0.05) is 0 Å². The zero-order valence-electron chi connectivity index (χ0n) is 13.7. The molecule has 0 fully saturated rings. The Bertz CT molecular complexity index is 630. The summed E-state index contributed by atoms with van der Waals surface area (Å²) in [5.41, 5.74) is -0.150. The molecular formula is C17H20F3NO3. The van der Waals surface area contributed by atoms with Gasteiger partial charge in [-0.3, -0.25) is 4.90 Å². The van der Waals surface area contributed by atoms with Crippen LogP contribution in [0.5, 0.6) is 0 Å². The quantitative estimate of drug-likeness (QED) is 0.891. The Labute approximate surface area is 138 Å². The van der Waals surface area contributed by atoms with Gasteiger partial charge >= 0.3 is 12.3 Å². The standard InChI is InChI=1S/C17H20F3NO3/c1-16(2,3)24-15(23)21-9-12(8-14(21)10-22)11-4-6-13(7-5-11)17(18,19)20/h4-8,14,22H,9-10H2,1-3H3/t14-/m0/s1. The number of aliphatic hydroxyl groups is 1. The number of hydrogen-bond donors (Lipinski definition) is 1. The topological polar surface area (TPSA) is 49.8 Å². The number of rotatable bonds is 2. The molecular weight excluding hydrogens is 323 g/mol. The largest absolute Gasteiger partial charge is 0.444 e. The van der Waals surface area contributed by atoms with Crippen molar-refractivity contribution >= 4 is 11.7 Å². The smallest absolute Gasteiger partial charge is 0.416 e. The summed E-state index contributed by atoms with van der Waals surface area (Å²) < 4.78 is 43.2. The molecule has 1 aliphatic heterocycles. The molecule has 0 saturated carbocycles. The Balaban J connectivity index is 2.17. The lowest BCUT2D eigenvalue weighted by Crippen LogP contribution is -2.41. The number of halogens is 3. The fourth-order valence-corrected chi connectivity index (χ4v) is 2.41. The third kappa shape index (κ3) is 4.29. The minimum Gasteiger partial charge on any atom is -0.444 e. The highest BCUT2D eigenvalue weighted by Gasteiger charge is 2.33. The van der Waals surface area contributed by atoms with E-state index in [4.69, 9.17) is 4.74 Å². The molecule has 7 heteroatoms. The van der Waals surface area contributed by atoms with Crippen LogP contribution in [0.1, 0.15) is 31.9 Å². The number of carbonyl (C=O) groups is 1. The van der Waals surface area contributed by atoms with Crippen molar-refractivity contribution in [2.24, 2.45) is 0 Å². The first kappa shape index (κ1) is 18.3. The van der Waals surface area contributed by atoms with Gasteiger partial charge in [0.25, 0.3) is 0 Å². The molecule has 0 aliphatic carbocycles. The van der Waals surface area contributed by atoms with Crippen molar-refractivity contribution in [3.05, 3.63) is 41.5 Å². The summed E-state index contributed by atoms with van der Waals surface area (Å²) in [5.74, 6) is 0. The predicted molar refractivity (Wildman–Crippen MR) is 83.2 cm³/mol. The summed E-state index contributed by atoms with van der Waals surface area (Å²) >= 11 is 0. The van der Waals surface area contributed by atoms with E-state index in [1.165, 1.54) is 17.0 Å². The molecule has 1 aliphatic rings. The molecule has 0 aromatic heterocycles. The lowest BCUT2D eigenvalue weighted by Gasteiger charge is -2.27. The van der Waals surface area contributed by atoms with Gasteiger partial charge < -0.3 is 9.84 Å². The zero-order chi connectivity index (χ0) is 18.1. The van der Waals surface area contributed by atoms with Crippen molar-refractivity contribution in [3.8, 4) is 0 Å². The van der Waals surface area contributed by atoms with Crippen LogP contribution >= 0.6 is 0 Å².